The van der Waals surface area contributed by atoms with Gasteiger partial charge in [0.25, 0.3) is 0 Å². The van der Waals surface area contributed by atoms with Crippen molar-refractivity contribution in [3.05, 3.63) is 121 Å². The van der Waals surface area contributed by atoms with Crippen LogP contribution in [0.15, 0.2) is 121 Å². The molecule has 156 valence electrons. The van der Waals surface area contributed by atoms with Gasteiger partial charge in [-0.3, -0.25) is 0 Å². The van der Waals surface area contributed by atoms with Crippen LogP contribution in [0.5, 0.6) is 0 Å². The van der Waals surface area contributed by atoms with Crippen molar-refractivity contribution in [1.29, 1.82) is 0 Å². The fourth-order valence-electron chi connectivity index (χ4n) is 4.01. The zero-order valence-electron chi connectivity index (χ0n) is 17.4. The molecule has 0 nitrogen and oxygen atoms in total. The minimum absolute atomic E-state index is 1.17. The van der Waals surface area contributed by atoms with Crippen LogP contribution >= 0.6 is 11.0 Å². The number of hydrogen-bond acceptors (Lipinski definition) is 0. The van der Waals surface area contributed by atoms with E-state index in [4.69, 9.17) is 0 Å². The van der Waals surface area contributed by atoms with E-state index in [2.05, 4.69) is 152 Å². The first-order chi connectivity index (χ1) is 15.1. The summed E-state index contributed by atoms with van der Waals surface area (Å²) in [5.74, 6) is 0. The molecule has 4 heteroatoms. The van der Waals surface area contributed by atoms with Gasteiger partial charge in [-0.2, -0.15) is 0 Å². The first-order valence-corrected chi connectivity index (χ1v) is 18.9. The molecular formula is C27H26P2Se2. The molecule has 0 fully saturated rings. The van der Waals surface area contributed by atoms with E-state index in [1.54, 1.807) is 0 Å². The van der Waals surface area contributed by atoms with Gasteiger partial charge in [-0.1, -0.05) is 0 Å². The quantitative estimate of drug-likeness (QED) is 0.209. The third kappa shape index (κ3) is 5.24. The molecule has 0 saturated carbocycles. The summed E-state index contributed by atoms with van der Waals surface area (Å²) >= 11 is 7.40. The van der Waals surface area contributed by atoms with Crippen molar-refractivity contribution < 1.29 is 0 Å². The van der Waals surface area contributed by atoms with Crippen LogP contribution in [0.4, 0.5) is 0 Å². The van der Waals surface area contributed by atoms with E-state index >= 15 is 0 Å². The van der Waals surface area contributed by atoms with E-state index in [0.717, 1.165) is 0 Å². The summed E-state index contributed by atoms with van der Waals surface area (Å²) in [6.45, 7) is 0. The minimum atomic E-state index is -1.56. The van der Waals surface area contributed by atoms with E-state index in [9.17, 15) is 0 Å². The molecule has 0 heterocycles. The van der Waals surface area contributed by atoms with E-state index in [-0.39, 0.29) is 0 Å². The predicted molar refractivity (Wildman–Crippen MR) is 144 cm³/mol. The standard InChI is InChI=1S/C27H26P2Se2/c30-28(24-14-5-1-6-15-24,25-16-7-2-8-17-25)22-13-23-29(31,26-18-9-3-10-19-26)27-20-11-4-12-21-27/h1-12,14-21H,13,22-23H2. The SMILES string of the molecule is [Se]=P(CCCP(=[Se])(c1ccccc1)c1ccccc1)(c1ccccc1)c1ccccc1. The molecule has 0 radical (unpaired) electrons. The molecule has 0 amide bonds. The van der Waals surface area contributed by atoms with Crippen LogP contribution in [0, 0.1) is 0 Å². The third-order valence-electron chi connectivity index (χ3n) is 5.64. The van der Waals surface area contributed by atoms with Crippen LogP contribution in [0.3, 0.4) is 0 Å². The van der Waals surface area contributed by atoms with Gasteiger partial charge < -0.3 is 0 Å². The van der Waals surface area contributed by atoms with Gasteiger partial charge in [0.2, 0.25) is 0 Å². The van der Waals surface area contributed by atoms with Gasteiger partial charge in [-0.05, 0) is 0 Å². The van der Waals surface area contributed by atoms with Crippen molar-refractivity contribution in [2.24, 2.45) is 0 Å². The van der Waals surface area contributed by atoms with Gasteiger partial charge in [0.05, 0.1) is 0 Å². The maximum atomic E-state index is 3.70. The maximum absolute atomic E-state index is 3.70. The van der Waals surface area contributed by atoms with Gasteiger partial charge >= 0.3 is 203 Å². The Morgan fingerprint density at radius 3 is 0.839 bits per heavy atom. The normalized spacial score (nSPS) is 11.9. The van der Waals surface area contributed by atoms with Crippen molar-refractivity contribution in [3.63, 3.8) is 0 Å². The van der Waals surface area contributed by atoms with Crippen molar-refractivity contribution in [2.45, 2.75) is 6.42 Å². The Labute approximate surface area is 201 Å². The van der Waals surface area contributed by atoms with Crippen LogP contribution in [0.25, 0.3) is 0 Å². The third-order valence-corrected chi connectivity index (χ3v) is 19.7. The molecular weight excluding hydrogens is 544 g/mol. The van der Waals surface area contributed by atoms with Crippen LogP contribution in [0.2, 0.25) is 0 Å². The molecule has 0 unspecified atom stereocenters. The van der Waals surface area contributed by atoms with Crippen molar-refractivity contribution in [3.8, 4) is 0 Å². The molecule has 0 aliphatic rings. The summed E-state index contributed by atoms with van der Waals surface area (Å²) in [5, 5.41) is 5.79. The van der Waals surface area contributed by atoms with Crippen molar-refractivity contribution in [2.75, 3.05) is 12.3 Å². The molecule has 4 aromatic rings. The molecule has 0 saturated heterocycles. The molecule has 0 N–H and O–H groups in total. The Hall–Kier alpha value is -1.22. The Morgan fingerprint density at radius 2 is 0.613 bits per heavy atom. The molecule has 0 aliphatic carbocycles. The average Bonchev–Trinajstić information content (AvgIpc) is 2.86. The van der Waals surface area contributed by atoms with Gasteiger partial charge in [0.15, 0.2) is 0 Å². The second-order valence-electron chi connectivity index (χ2n) is 7.62. The summed E-state index contributed by atoms with van der Waals surface area (Å²) in [7, 11) is 0. The van der Waals surface area contributed by atoms with Crippen LogP contribution < -0.4 is 21.2 Å². The van der Waals surface area contributed by atoms with Gasteiger partial charge in [-0.25, -0.2) is 0 Å². The molecule has 4 rings (SSSR count). The van der Waals surface area contributed by atoms with E-state index in [0.29, 0.717) is 0 Å². The number of benzene rings is 4. The fraction of sp³-hybridized carbons (Fsp3) is 0.111. The van der Waals surface area contributed by atoms with E-state index < -0.39 is 11.0 Å². The molecule has 0 aliphatic heterocycles. The first-order valence-electron chi connectivity index (χ1n) is 10.5. The zero-order chi connectivity index (χ0) is 21.6. The van der Waals surface area contributed by atoms with Crippen LogP contribution in [-0.2, 0) is 0 Å². The van der Waals surface area contributed by atoms with E-state index in [1.165, 1.54) is 40.0 Å². The molecule has 0 spiro atoms. The van der Waals surface area contributed by atoms with E-state index in [1.807, 2.05) is 0 Å². The molecule has 0 bridgehead atoms. The Balaban J connectivity index is 1.66. The van der Waals surface area contributed by atoms with Gasteiger partial charge in [0, 0.05) is 0 Å². The topological polar surface area (TPSA) is 0 Å². The number of hydrogen-bond donors (Lipinski definition) is 0. The summed E-state index contributed by atoms with van der Waals surface area (Å²) in [4.78, 5) is 0. The van der Waals surface area contributed by atoms with Crippen molar-refractivity contribution >= 4 is 62.4 Å². The average molecular weight is 570 g/mol. The summed E-state index contributed by atoms with van der Waals surface area (Å²) in [6, 6.07) is 44.2. The fourth-order valence-corrected chi connectivity index (χ4v) is 14.4. The first kappa shape index (κ1) is 23.0. The monoisotopic (exact) mass is 572 g/mol. The molecule has 31 heavy (non-hydrogen) atoms. The summed E-state index contributed by atoms with van der Waals surface area (Å²) in [6.07, 6.45) is 3.52. The second-order valence-corrected chi connectivity index (χ2v) is 21.4. The van der Waals surface area contributed by atoms with Gasteiger partial charge in [-0.15, -0.1) is 0 Å². The van der Waals surface area contributed by atoms with Crippen molar-refractivity contribution in [1.82, 2.24) is 0 Å². The number of rotatable bonds is 8. The summed E-state index contributed by atoms with van der Waals surface area (Å²) < 4.78 is 0. The summed E-state index contributed by atoms with van der Waals surface area (Å²) in [5.41, 5.74) is -3.13. The van der Waals surface area contributed by atoms with Crippen LogP contribution in [0.1, 0.15) is 6.42 Å². The Kier molecular flexibility index (Phi) is 7.85. The van der Waals surface area contributed by atoms with Crippen LogP contribution in [-0.4, -0.2) is 42.5 Å². The Morgan fingerprint density at radius 1 is 0.387 bits per heavy atom. The molecule has 0 atom stereocenters. The molecule has 4 aromatic carbocycles. The predicted octanol–water partition coefficient (Wildman–Crippen LogP) is 4.88. The second kappa shape index (κ2) is 10.6. The Bertz CT molecular complexity index is 1010. The molecule has 0 aromatic heterocycles. The van der Waals surface area contributed by atoms with Gasteiger partial charge in [0.1, 0.15) is 0 Å². The zero-order valence-corrected chi connectivity index (χ0v) is 22.6.